The van der Waals surface area contributed by atoms with Crippen LogP contribution in [0.5, 0.6) is 0 Å². The van der Waals surface area contributed by atoms with E-state index in [9.17, 15) is 13.2 Å². The third kappa shape index (κ3) is 4.35. The van der Waals surface area contributed by atoms with Gasteiger partial charge in [0.05, 0.1) is 17.0 Å². The molecule has 1 saturated heterocycles. The largest absolute Gasteiger partial charge is 0.312 e. The summed E-state index contributed by atoms with van der Waals surface area (Å²) in [7, 11) is -3.47. The van der Waals surface area contributed by atoms with Gasteiger partial charge in [-0.15, -0.1) is 0 Å². The Bertz CT molecular complexity index is 1110. The van der Waals surface area contributed by atoms with Gasteiger partial charge >= 0.3 is 0 Å². The Morgan fingerprint density at radius 2 is 1.81 bits per heavy atom. The van der Waals surface area contributed by atoms with Crippen LogP contribution in [-0.2, 0) is 34.2 Å². The maximum atomic E-state index is 13.2. The Kier molecular flexibility index (Phi) is 6.45. The number of piperidine rings is 1. The highest BCUT2D eigenvalue weighted by atomic mass is 32.2. The smallest absolute Gasteiger partial charge is 0.243 e. The highest BCUT2D eigenvalue weighted by molar-refractivity contribution is 7.89. The van der Waals surface area contributed by atoms with E-state index in [1.165, 1.54) is 0 Å². The molecule has 1 aromatic heterocycles. The van der Waals surface area contributed by atoms with Gasteiger partial charge in [0.2, 0.25) is 15.9 Å². The van der Waals surface area contributed by atoms with E-state index in [0.717, 1.165) is 54.0 Å². The molecule has 4 rings (SSSR count). The highest BCUT2D eigenvalue weighted by Gasteiger charge is 2.30. The predicted molar refractivity (Wildman–Crippen MR) is 125 cm³/mol. The summed E-state index contributed by atoms with van der Waals surface area (Å²) in [4.78, 5) is 15.3. The van der Waals surface area contributed by atoms with Crippen LogP contribution < -0.4 is 4.90 Å². The van der Waals surface area contributed by atoms with E-state index in [-0.39, 0.29) is 5.91 Å². The van der Waals surface area contributed by atoms with Crippen molar-refractivity contribution in [1.82, 2.24) is 14.1 Å². The normalized spacial score (nSPS) is 17.2. The first-order valence-corrected chi connectivity index (χ1v) is 13.1. The second-order valence-electron chi connectivity index (χ2n) is 9.45. The fourth-order valence-electron chi connectivity index (χ4n) is 4.81. The van der Waals surface area contributed by atoms with E-state index in [4.69, 9.17) is 0 Å². The quantitative estimate of drug-likeness (QED) is 0.664. The number of amides is 1. The average Bonchev–Trinajstić information content (AvgIpc) is 3.30. The van der Waals surface area contributed by atoms with Crippen LogP contribution in [0.4, 0.5) is 5.69 Å². The average molecular weight is 459 g/mol. The molecule has 1 aromatic carbocycles. The van der Waals surface area contributed by atoms with Crippen LogP contribution in [0.3, 0.4) is 0 Å². The van der Waals surface area contributed by atoms with Crippen LogP contribution in [0.1, 0.15) is 55.6 Å². The van der Waals surface area contributed by atoms with E-state index < -0.39 is 10.0 Å². The van der Waals surface area contributed by atoms with Crippen molar-refractivity contribution in [2.24, 2.45) is 5.92 Å². The van der Waals surface area contributed by atoms with E-state index in [1.54, 1.807) is 27.4 Å². The van der Waals surface area contributed by atoms with Crippen LogP contribution in [0.2, 0.25) is 0 Å². The zero-order valence-electron chi connectivity index (χ0n) is 19.6. The van der Waals surface area contributed by atoms with Gasteiger partial charge in [-0.05, 0) is 62.8 Å². The molecule has 0 radical (unpaired) electrons. The lowest BCUT2D eigenvalue weighted by atomic mass is 10.1. The maximum absolute atomic E-state index is 13.2. The number of hydrogen-bond acceptors (Lipinski definition) is 4. The van der Waals surface area contributed by atoms with E-state index in [2.05, 4.69) is 18.9 Å². The molecule has 0 aliphatic carbocycles. The predicted octanol–water partition coefficient (Wildman–Crippen LogP) is 3.46. The Morgan fingerprint density at radius 1 is 1.09 bits per heavy atom. The van der Waals surface area contributed by atoms with Crippen LogP contribution in [0.25, 0.3) is 0 Å². The van der Waals surface area contributed by atoms with Gasteiger partial charge in [-0.2, -0.15) is 9.40 Å². The molecule has 0 unspecified atom stereocenters. The molecular weight excluding hydrogens is 424 g/mol. The lowest BCUT2D eigenvalue weighted by Gasteiger charge is -2.26. The van der Waals surface area contributed by atoms with Gasteiger partial charge in [-0.1, -0.05) is 20.3 Å². The molecule has 0 atom stereocenters. The van der Waals surface area contributed by atoms with Gasteiger partial charge in [0, 0.05) is 43.1 Å². The third-order valence-corrected chi connectivity index (χ3v) is 8.49. The zero-order chi connectivity index (χ0) is 23.0. The molecule has 2 aliphatic heterocycles. The van der Waals surface area contributed by atoms with Crippen LogP contribution in [0.15, 0.2) is 23.1 Å². The number of anilines is 1. The summed E-state index contributed by atoms with van der Waals surface area (Å²) in [6, 6.07) is 5.23. The van der Waals surface area contributed by atoms with Crippen molar-refractivity contribution in [2.45, 2.75) is 71.2 Å². The highest BCUT2D eigenvalue weighted by Crippen LogP contribution is 2.32. The standard InChI is InChI=1S/C24H34N4O3S/c1-17(2)16-28-19(4)22(18(3)25-28)15-24(29)27-13-10-20-14-21(8-9-23(20)27)32(30,31)26-11-6-5-7-12-26/h8-9,14,17H,5-7,10-13,15-16H2,1-4H3. The Morgan fingerprint density at radius 3 is 2.50 bits per heavy atom. The van der Waals surface area contributed by atoms with Gasteiger partial charge in [-0.25, -0.2) is 8.42 Å². The van der Waals surface area contributed by atoms with Crippen LogP contribution >= 0.6 is 0 Å². The van der Waals surface area contributed by atoms with Crippen molar-refractivity contribution in [2.75, 3.05) is 24.5 Å². The van der Waals surface area contributed by atoms with Gasteiger partial charge < -0.3 is 4.90 Å². The number of sulfonamides is 1. The van der Waals surface area contributed by atoms with Crippen LogP contribution in [-0.4, -0.2) is 48.0 Å². The van der Waals surface area contributed by atoms with Crippen molar-refractivity contribution in [1.29, 1.82) is 0 Å². The summed E-state index contributed by atoms with van der Waals surface area (Å²) in [5.41, 5.74) is 4.71. The first kappa shape index (κ1) is 23.0. The van der Waals surface area contributed by atoms with Crippen molar-refractivity contribution >= 4 is 21.6 Å². The maximum Gasteiger partial charge on any atom is 0.243 e. The first-order chi connectivity index (χ1) is 15.2. The van der Waals surface area contributed by atoms with Gasteiger partial charge in [0.1, 0.15) is 0 Å². The monoisotopic (exact) mass is 458 g/mol. The van der Waals surface area contributed by atoms with Gasteiger partial charge in [0.25, 0.3) is 0 Å². The summed E-state index contributed by atoms with van der Waals surface area (Å²) in [6.45, 7) is 10.9. The minimum atomic E-state index is -3.47. The number of nitrogens with zero attached hydrogens (tertiary/aromatic N) is 4. The first-order valence-electron chi connectivity index (χ1n) is 11.6. The lowest BCUT2D eigenvalue weighted by molar-refractivity contribution is -0.117. The molecule has 3 heterocycles. The van der Waals surface area contributed by atoms with Crippen molar-refractivity contribution < 1.29 is 13.2 Å². The number of aromatic nitrogens is 2. The number of rotatable bonds is 6. The molecule has 0 bridgehead atoms. The molecule has 0 saturated carbocycles. The molecule has 0 spiro atoms. The summed E-state index contributed by atoms with van der Waals surface area (Å²) in [5.74, 6) is 0.517. The lowest BCUT2D eigenvalue weighted by Crippen LogP contribution is -2.35. The number of hydrogen-bond donors (Lipinski definition) is 0. The van der Waals surface area contributed by atoms with Crippen molar-refractivity contribution in [3.63, 3.8) is 0 Å². The summed E-state index contributed by atoms with van der Waals surface area (Å²) >= 11 is 0. The number of carbonyl (C=O) groups excluding carboxylic acids is 1. The van der Waals surface area contributed by atoms with Gasteiger partial charge in [0.15, 0.2) is 0 Å². The number of aryl methyl sites for hydroxylation is 1. The molecule has 1 amide bonds. The number of fused-ring (bicyclic) bond motifs is 1. The SMILES string of the molecule is Cc1nn(CC(C)C)c(C)c1CC(=O)N1CCc2cc(S(=O)(=O)N3CCCCC3)ccc21. The molecule has 8 heteroatoms. The topological polar surface area (TPSA) is 75.5 Å². The Hall–Kier alpha value is -2.19. The molecule has 2 aliphatic rings. The Balaban J connectivity index is 1.53. The fourth-order valence-corrected chi connectivity index (χ4v) is 6.38. The minimum absolute atomic E-state index is 0.0330. The molecule has 2 aromatic rings. The summed E-state index contributed by atoms with van der Waals surface area (Å²) < 4.78 is 29.7. The van der Waals surface area contributed by atoms with Gasteiger partial charge in [-0.3, -0.25) is 9.48 Å². The second-order valence-corrected chi connectivity index (χ2v) is 11.4. The van der Waals surface area contributed by atoms with Crippen LogP contribution in [0, 0.1) is 19.8 Å². The van der Waals surface area contributed by atoms with E-state index in [0.29, 0.717) is 43.3 Å². The number of benzene rings is 1. The molecule has 1 fully saturated rings. The van der Waals surface area contributed by atoms with Crippen molar-refractivity contribution in [3.8, 4) is 0 Å². The third-order valence-electron chi connectivity index (χ3n) is 6.60. The summed E-state index contributed by atoms with van der Waals surface area (Å²) in [5, 5.41) is 4.63. The zero-order valence-corrected chi connectivity index (χ0v) is 20.4. The molecule has 7 nitrogen and oxygen atoms in total. The van der Waals surface area contributed by atoms with Crippen molar-refractivity contribution in [3.05, 3.63) is 40.7 Å². The molecular formula is C24H34N4O3S. The second kappa shape index (κ2) is 8.98. The van der Waals surface area contributed by atoms with E-state index >= 15 is 0 Å². The summed E-state index contributed by atoms with van der Waals surface area (Å²) in [6.07, 6.45) is 3.90. The molecule has 32 heavy (non-hydrogen) atoms. The minimum Gasteiger partial charge on any atom is -0.312 e. The molecule has 0 N–H and O–H groups in total. The Labute approximate surface area is 191 Å². The van der Waals surface area contributed by atoms with E-state index in [1.807, 2.05) is 18.5 Å². The number of carbonyl (C=O) groups is 1. The molecule has 174 valence electrons. The fraction of sp³-hybridized carbons (Fsp3) is 0.583.